The molecule has 0 radical (unpaired) electrons. The molecule has 0 saturated heterocycles. The second kappa shape index (κ2) is 10.2. The summed E-state index contributed by atoms with van der Waals surface area (Å²) < 4.78 is 5.21. The molecule has 6 heteroatoms. The average Bonchev–Trinajstić information content (AvgIpc) is 3.21. The van der Waals surface area contributed by atoms with E-state index in [1.807, 2.05) is 26.0 Å². The first kappa shape index (κ1) is 21.7. The maximum Gasteiger partial charge on any atom is 0.227 e. The third kappa shape index (κ3) is 6.00. The van der Waals surface area contributed by atoms with Gasteiger partial charge in [0.1, 0.15) is 0 Å². The Labute approximate surface area is 178 Å². The van der Waals surface area contributed by atoms with Crippen LogP contribution >= 0.6 is 0 Å². The second-order valence-corrected chi connectivity index (χ2v) is 8.07. The van der Waals surface area contributed by atoms with Gasteiger partial charge in [-0.2, -0.15) is 4.98 Å². The molecule has 0 spiro atoms. The van der Waals surface area contributed by atoms with E-state index in [4.69, 9.17) is 4.52 Å². The third-order valence-corrected chi connectivity index (χ3v) is 4.82. The average molecular weight is 407 g/mol. The van der Waals surface area contributed by atoms with Gasteiger partial charge in [0.15, 0.2) is 5.82 Å². The van der Waals surface area contributed by atoms with E-state index in [0.29, 0.717) is 31.1 Å². The van der Waals surface area contributed by atoms with Gasteiger partial charge >= 0.3 is 0 Å². The van der Waals surface area contributed by atoms with Crippen LogP contribution in [0.3, 0.4) is 0 Å². The summed E-state index contributed by atoms with van der Waals surface area (Å²) in [6, 6.07) is 16.8. The molecule has 1 amide bonds. The SMILES string of the molecule is CC(C)c1noc(CCC(=O)NCc2ccccc2-c2ccc(CN(C)C)cc2)n1. The highest BCUT2D eigenvalue weighted by Gasteiger charge is 2.12. The Hall–Kier alpha value is -2.99. The first-order valence-corrected chi connectivity index (χ1v) is 10.3. The topological polar surface area (TPSA) is 71.3 Å². The van der Waals surface area contributed by atoms with Crippen molar-refractivity contribution < 1.29 is 9.32 Å². The smallest absolute Gasteiger partial charge is 0.227 e. The lowest BCUT2D eigenvalue weighted by Gasteiger charge is -2.13. The van der Waals surface area contributed by atoms with Crippen molar-refractivity contribution in [1.82, 2.24) is 20.4 Å². The lowest BCUT2D eigenvalue weighted by Crippen LogP contribution is -2.23. The van der Waals surface area contributed by atoms with Crippen molar-refractivity contribution in [2.75, 3.05) is 14.1 Å². The zero-order valence-electron chi connectivity index (χ0n) is 18.2. The van der Waals surface area contributed by atoms with Crippen LogP contribution in [-0.4, -0.2) is 35.0 Å². The van der Waals surface area contributed by atoms with Gasteiger partial charge in [-0.05, 0) is 36.3 Å². The zero-order valence-corrected chi connectivity index (χ0v) is 18.2. The van der Waals surface area contributed by atoms with Gasteiger partial charge in [-0.1, -0.05) is 67.5 Å². The number of aryl methyl sites for hydroxylation is 1. The highest BCUT2D eigenvalue weighted by Crippen LogP contribution is 2.24. The van der Waals surface area contributed by atoms with Gasteiger partial charge in [0.2, 0.25) is 11.8 Å². The molecule has 3 aromatic rings. The number of carbonyl (C=O) groups is 1. The van der Waals surface area contributed by atoms with E-state index in [0.717, 1.165) is 23.2 Å². The molecule has 1 aromatic heterocycles. The van der Waals surface area contributed by atoms with Crippen molar-refractivity contribution >= 4 is 5.91 Å². The Morgan fingerprint density at radius 3 is 2.50 bits per heavy atom. The van der Waals surface area contributed by atoms with Crippen molar-refractivity contribution in [2.45, 2.75) is 45.7 Å². The molecule has 0 bridgehead atoms. The van der Waals surface area contributed by atoms with E-state index in [9.17, 15) is 4.79 Å². The predicted molar refractivity (Wildman–Crippen MR) is 118 cm³/mol. The molecular formula is C24H30N4O2. The fraction of sp³-hybridized carbons (Fsp3) is 0.375. The molecule has 30 heavy (non-hydrogen) atoms. The normalized spacial score (nSPS) is 11.3. The van der Waals surface area contributed by atoms with Crippen LogP contribution in [0, 0.1) is 0 Å². The molecule has 0 aliphatic rings. The minimum atomic E-state index is -0.0320. The standard InChI is InChI=1S/C24H30N4O2/c1-17(2)24-26-23(30-27-24)14-13-22(29)25-15-20-7-5-6-8-21(20)19-11-9-18(10-12-19)16-28(3)4/h5-12,17H,13-16H2,1-4H3,(H,25,29). The molecule has 1 heterocycles. The molecule has 0 aliphatic carbocycles. The molecule has 0 atom stereocenters. The molecule has 2 aromatic carbocycles. The van der Waals surface area contributed by atoms with Crippen molar-refractivity contribution in [3.63, 3.8) is 0 Å². The summed E-state index contributed by atoms with van der Waals surface area (Å²) in [5, 5.41) is 6.94. The van der Waals surface area contributed by atoms with E-state index >= 15 is 0 Å². The van der Waals surface area contributed by atoms with E-state index in [2.05, 4.69) is 70.9 Å². The van der Waals surface area contributed by atoms with Crippen molar-refractivity contribution in [3.05, 3.63) is 71.4 Å². The number of nitrogens with one attached hydrogen (secondary N) is 1. The molecule has 158 valence electrons. The number of carbonyl (C=O) groups excluding carboxylic acids is 1. The van der Waals surface area contributed by atoms with E-state index < -0.39 is 0 Å². The van der Waals surface area contributed by atoms with Gasteiger partial charge < -0.3 is 14.7 Å². The molecule has 1 N–H and O–H groups in total. The fourth-order valence-corrected chi connectivity index (χ4v) is 3.22. The molecule has 0 aliphatic heterocycles. The highest BCUT2D eigenvalue weighted by atomic mass is 16.5. The maximum absolute atomic E-state index is 12.3. The van der Waals surface area contributed by atoms with Crippen LogP contribution in [-0.2, 0) is 24.3 Å². The first-order valence-electron chi connectivity index (χ1n) is 10.3. The fourth-order valence-electron chi connectivity index (χ4n) is 3.22. The Kier molecular flexibility index (Phi) is 7.36. The third-order valence-electron chi connectivity index (χ3n) is 4.82. The van der Waals surface area contributed by atoms with Crippen LogP contribution in [0.25, 0.3) is 11.1 Å². The largest absolute Gasteiger partial charge is 0.352 e. The summed E-state index contributed by atoms with van der Waals surface area (Å²) in [4.78, 5) is 18.8. The van der Waals surface area contributed by atoms with Crippen LogP contribution in [0.15, 0.2) is 53.1 Å². The summed E-state index contributed by atoms with van der Waals surface area (Å²) in [6.45, 7) is 5.41. The van der Waals surface area contributed by atoms with Gasteiger partial charge in [-0.15, -0.1) is 0 Å². The van der Waals surface area contributed by atoms with E-state index in [1.165, 1.54) is 5.56 Å². The van der Waals surface area contributed by atoms with Crippen LogP contribution in [0.2, 0.25) is 0 Å². The quantitative estimate of drug-likeness (QED) is 0.577. The molecule has 0 saturated carbocycles. The monoisotopic (exact) mass is 406 g/mol. The van der Waals surface area contributed by atoms with E-state index in [1.54, 1.807) is 0 Å². The van der Waals surface area contributed by atoms with E-state index in [-0.39, 0.29) is 11.8 Å². The second-order valence-electron chi connectivity index (χ2n) is 8.07. The Morgan fingerprint density at radius 1 is 1.10 bits per heavy atom. The lowest BCUT2D eigenvalue weighted by atomic mass is 9.98. The number of aromatic nitrogens is 2. The van der Waals surface area contributed by atoms with Crippen molar-refractivity contribution in [3.8, 4) is 11.1 Å². The summed E-state index contributed by atoms with van der Waals surface area (Å²) in [5.41, 5.74) is 4.64. The number of hydrogen-bond donors (Lipinski definition) is 1. The van der Waals surface area contributed by atoms with Gasteiger partial charge in [0.05, 0.1) is 0 Å². The minimum Gasteiger partial charge on any atom is -0.352 e. The van der Waals surface area contributed by atoms with Crippen LogP contribution in [0.4, 0.5) is 0 Å². The van der Waals surface area contributed by atoms with Gasteiger partial charge in [0.25, 0.3) is 0 Å². The zero-order chi connectivity index (χ0) is 21.5. The minimum absolute atomic E-state index is 0.0320. The molecule has 0 fully saturated rings. The van der Waals surface area contributed by atoms with Crippen LogP contribution < -0.4 is 5.32 Å². The molecule has 0 unspecified atom stereocenters. The highest BCUT2D eigenvalue weighted by molar-refractivity contribution is 5.76. The molecule has 3 rings (SSSR count). The Morgan fingerprint density at radius 2 is 1.83 bits per heavy atom. The number of benzene rings is 2. The van der Waals surface area contributed by atoms with Gasteiger partial charge in [-0.3, -0.25) is 4.79 Å². The number of hydrogen-bond acceptors (Lipinski definition) is 5. The molecular weight excluding hydrogens is 376 g/mol. The Bertz CT molecular complexity index is 961. The maximum atomic E-state index is 12.3. The summed E-state index contributed by atoms with van der Waals surface area (Å²) in [7, 11) is 4.13. The van der Waals surface area contributed by atoms with Crippen molar-refractivity contribution in [2.24, 2.45) is 0 Å². The summed E-state index contributed by atoms with van der Waals surface area (Å²) in [5.74, 6) is 1.36. The van der Waals surface area contributed by atoms with Crippen molar-refractivity contribution in [1.29, 1.82) is 0 Å². The van der Waals surface area contributed by atoms with Gasteiger partial charge in [0, 0.05) is 31.8 Å². The Balaban J connectivity index is 1.58. The van der Waals surface area contributed by atoms with Crippen LogP contribution in [0.5, 0.6) is 0 Å². The molecule has 6 nitrogen and oxygen atoms in total. The summed E-state index contributed by atoms with van der Waals surface area (Å²) in [6.07, 6.45) is 0.766. The number of amides is 1. The predicted octanol–water partition coefficient (Wildman–Crippen LogP) is 4.17. The lowest BCUT2D eigenvalue weighted by molar-refractivity contribution is -0.121. The van der Waals surface area contributed by atoms with Crippen LogP contribution in [0.1, 0.15) is 49.0 Å². The first-order chi connectivity index (χ1) is 14.4. The summed E-state index contributed by atoms with van der Waals surface area (Å²) >= 11 is 0. The number of rotatable bonds is 9. The number of nitrogens with zero attached hydrogens (tertiary/aromatic N) is 3. The van der Waals surface area contributed by atoms with Gasteiger partial charge in [-0.25, -0.2) is 0 Å².